The summed E-state index contributed by atoms with van der Waals surface area (Å²) in [5.41, 5.74) is 6.18. The second-order valence-corrected chi connectivity index (χ2v) is 9.55. The Kier molecular flexibility index (Phi) is 14.3. The van der Waals surface area contributed by atoms with E-state index in [-0.39, 0.29) is 5.41 Å². The summed E-state index contributed by atoms with van der Waals surface area (Å²) in [5, 5.41) is 0. The quantitative estimate of drug-likeness (QED) is 0.386. The van der Waals surface area contributed by atoms with E-state index in [2.05, 4.69) is 126 Å². The molecule has 3 aromatic carbocycles. The molecule has 0 saturated carbocycles. The molecule has 0 atom stereocenters. The normalized spacial score (nSPS) is 10.4. The molecular formula is C32H48. The molecule has 0 heteroatoms. The molecule has 32 heavy (non-hydrogen) atoms. The molecule has 176 valence electrons. The van der Waals surface area contributed by atoms with E-state index in [0.717, 1.165) is 12.8 Å². The van der Waals surface area contributed by atoms with E-state index >= 15 is 0 Å². The van der Waals surface area contributed by atoms with Crippen LogP contribution >= 0.6 is 0 Å². The molecule has 0 spiro atoms. The van der Waals surface area contributed by atoms with E-state index in [1.807, 2.05) is 27.7 Å². The van der Waals surface area contributed by atoms with E-state index in [4.69, 9.17) is 0 Å². The monoisotopic (exact) mass is 432 g/mol. The number of rotatable bonds is 3. The lowest BCUT2D eigenvalue weighted by atomic mass is 9.86. The van der Waals surface area contributed by atoms with Gasteiger partial charge >= 0.3 is 0 Å². The summed E-state index contributed by atoms with van der Waals surface area (Å²) in [4.78, 5) is 0. The molecule has 0 saturated heterocycles. The third-order valence-corrected chi connectivity index (χ3v) is 5.00. The van der Waals surface area contributed by atoms with Crippen LogP contribution < -0.4 is 0 Å². The summed E-state index contributed by atoms with van der Waals surface area (Å²) in [6, 6.07) is 30.3. The van der Waals surface area contributed by atoms with Gasteiger partial charge in [0.25, 0.3) is 0 Å². The van der Waals surface area contributed by atoms with Crippen molar-refractivity contribution in [2.75, 3.05) is 0 Å². The van der Waals surface area contributed by atoms with Crippen LogP contribution in [0.4, 0.5) is 0 Å². The Hall–Kier alpha value is -2.34. The minimum atomic E-state index is 0.248. The number of benzene rings is 3. The maximum atomic E-state index is 2.27. The lowest BCUT2D eigenvalue weighted by Crippen LogP contribution is -2.10. The summed E-state index contributed by atoms with van der Waals surface area (Å²) >= 11 is 0. The van der Waals surface area contributed by atoms with Crippen molar-refractivity contribution >= 4 is 0 Å². The van der Waals surface area contributed by atoms with E-state index in [1.165, 1.54) is 22.3 Å². The van der Waals surface area contributed by atoms with Crippen LogP contribution in [0.5, 0.6) is 0 Å². The van der Waals surface area contributed by atoms with E-state index < -0.39 is 0 Å². The van der Waals surface area contributed by atoms with Gasteiger partial charge in [-0.15, -0.1) is 0 Å². The van der Waals surface area contributed by atoms with Gasteiger partial charge in [0.15, 0.2) is 0 Å². The second kappa shape index (κ2) is 15.5. The van der Waals surface area contributed by atoms with E-state index in [1.54, 1.807) is 0 Å². The van der Waals surface area contributed by atoms with Gasteiger partial charge in [-0.1, -0.05) is 154 Å². The first-order chi connectivity index (χ1) is 15.2. The van der Waals surface area contributed by atoms with Crippen LogP contribution in [0.15, 0.2) is 84.9 Å². The largest absolute Gasteiger partial charge is 0.0683 e. The molecule has 0 aliphatic carbocycles. The van der Waals surface area contributed by atoms with Gasteiger partial charge in [-0.25, -0.2) is 0 Å². The standard InChI is InChI=1S/C18H22.C10H14.2C2H6/c1-18(2,3)17-13-11-16(12-14-17)10-9-15-7-5-4-6-8-15;1-10(2,3)9-7-5-4-6-8-9;2*1-2/h4-8,11-14H,9-10H2,1-3H3;4-8H,1-3H3;2*1-2H3. The molecule has 0 aliphatic heterocycles. The molecule has 3 aromatic rings. The van der Waals surface area contributed by atoms with Crippen LogP contribution in [0, 0.1) is 0 Å². The highest BCUT2D eigenvalue weighted by Crippen LogP contribution is 2.22. The van der Waals surface area contributed by atoms with E-state index in [9.17, 15) is 0 Å². The Morgan fingerprint density at radius 1 is 0.406 bits per heavy atom. The zero-order valence-corrected chi connectivity index (χ0v) is 22.5. The molecule has 0 fully saturated rings. The van der Waals surface area contributed by atoms with Crippen molar-refractivity contribution in [3.8, 4) is 0 Å². The van der Waals surface area contributed by atoms with Crippen molar-refractivity contribution < 1.29 is 0 Å². The Morgan fingerprint density at radius 3 is 1.06 bits per heavy atom. The average Bonchev–Trinajstić information content (AvgIpc) is 2.81. The molecule has 0 nitrogen and oxygen atoms in total. The predicted octanol–water partition coefficient (Wildman–Crippen LogP) is 9.81. The van der Waals surface area contributed by atoms with Crippen molar-refractivity contribution in [2.24, 2.45) is 0 Å². The Balaban J connectivity index is 0.000000582. The summed E-state index contributed by atoms with van der Waals surface area (Å²) in [7, 11) is 0. The molecule has 0 bridgehead atoms. The van der Waals surface area contributed by atoms with Crippen molar-refractivity contribution in [1.29, 1.82) is 0 Å². The highest BCUT2D eigenvalue weighted by molar-refractivity contribution is 5.28. The molecule has 0 aromatic heterocycles. The topological polar surface area (TPSA) is 0 Å². The first-order valence-electron chi connectivity index (χ1n) is 12.3. The number of aryl methyl sites for hydroxylation is 2. The predicted molar refractivity (Wildman–Crippen MR) is 147 cm³/mol. The maximum absolute atomic E-state index is 2.27. The fourth-order valence-electron chi connectivity index (χ4n) is 3.04. The summed E-state index contributed by atoms with van der Waals surface area (Å²) < 4.78 is 0. The van der Waals surface area contributed by atoms with Crippen LogP contribution in [-0.4, -0.2) is 0 Å². The summed E-state index contributed by atoms with van der Waals surface area (Å²) in [6.07, 6.45) is 2.24. The van der Waals surface area contributed by atoms with Crippen molar-refractivity contribution in [3.63, 3.8) is 0 Å². The molecule has 0 unspecified atom stereocenters. The van der Waals surface area contributed by atoms with Crippen LogP contribution in [0.25, 0.3) is 0 Å². The zero-order chi connectivity index (χ0) is 24.6. The minimum Gasteiger partial charge on any atom is -0.0683 e. The van der Waals surface area contributed by atoms with Crippen molar-refractivity contribution in [1.82, 2.24) is 0 Å². The smallest absolute Gasteiger partial charge is 0.0132 e. The fraction of sp³-hybridized carbons (Fsp3) is 0.438. The van der Waals surface area contributed by atoms with Crippen LogP contribution in [0.1, 0.15) is 91.5 Å². The maximum Gasteiger partial charge on any atom is -0.0132 e. The fourth-order valence-corrected chi connectivity index (χ4v) is 3.04. The Labute approximate surface area is 200 Å². The van der Waals surface area contributed by atoms with Crippen molar-refractivity contribution in [2.45, 2.75) is 92.9 Å². The lowest BCUT2D eigenvalue weighted by Gasteiger charge is -2.19. The van der Waals surface area contributed by atoms with Crippen LogP contribution in [0.2, 0.25) is 0 Å². The van der Waals surface area contributed by atoms with Crippen molar-refractivity contribution in [3.05, 3.63) is 107 Å². The number of hydrogen-bond acceptors (Lipinski definition) is 0. The SMILES string of the molecule is CC.CC.CC(C)(C)c1ccc(CCc2ccccc2)cc1.CC(C)(C)c1ccccc1. The molecule has 0 N–H and O–H groups in total. The molecule has 0 radical (unpaired) electrons. The van der Waals surface area contributed by atoms with Gasteiger partial charge in [-0.05, 0) is 45.9 Å². The van der Waals surface area contributed by atoms with E-state index in [0.29, 0.717) is 5.41 Å². The molecule has 0 amide bonds. The molecule has 0 heterocycles. The molecular weight excluding hydrogens is 384 g/mol. The Bertz CT molecular complexity index is 798. The number of hydrogen-bond donors (Lipinski definition) is 0. The minimum absolute atomic E-state index is 0.248. The van der Waals surface area contributed by atoms with Gasteiger partial charge in [0.1, 0.15) is 0 Å². The molecule has 0 aliphatic rings. The summed E-state index contributed by atoms with van der Waals surface area (Å²) in [5.74, 6) is 0. The van der Waals surface area contributed by atoms with Crippen LogP contribution in [0.3, 0.4) is 0 Å². The highest BCUT2D eigenvalue weighted by Gasteiger charge is 2.12. The van der Waals surface area contributed by atoms with Gasteiger partial charge in [0, 0.05) is 0 Å². The van der Waals surface area contributed by atoms with Gasteiger partial charge in [0.05, 0.1) is 0 Å². The lowest BCUT2D eigenvalue weighted by molar-refractivity contribution is 0.590. The summed E-state index contributed by atoms with van der Waals surface area (Å²) in [6.45, 7) is 21.4. The first kappa shape index (κ1) is 29.7. The Morgan fingerprint density at radius 2 is 0.719 bits per heavy atom. The van der Waals surface area contributed by atoms with Gasteiger partial charge in [0.2, 0.25) is 0 Å². The first-order valence-corrected chi connectivity index (χ1v) is 12.3. The second-order valence-electron chi connectivity index (χ2n) is 9.55. The third-order valence-electron chi connectivity index (χ3n) is 5.00. The average molecular weight is 433 g/mol. The van der Waals surface area contributed by atoms with Gasteiger partial charge < -0.3 is 0 Å². The zero-order valence-electron chi connectivity index (χ0n) is 22.5. The molecule has 3 rings (SSSR count). The highest BCUT2D eigenvalue weighted by atomic mass is 14.2. The van der Waals surface area contributed by atoms with Gasteiger partial charge in [-0.3, -0.25) is 0 Å². The third kappa shape index (κ3) is 11.9. The van der Waals surface area contributed by atoms with Gasteiger partial charge in [-0.2, -0.15) is 0 Å². The van der Waals surface area contributed by atoms with Crippen LogP contribution in [-0.2, 0) is 23.7 Å².